The van der Waals surface area contributed by atoms with Crippen LogP contribution in [0.5, 0.6) is 0 Å². The highest BCUT2D eigenvalue weighted by molar-refractivity contribution is 6.99. The number of nitrogens with zero attached hydrogens (tertiary/aromatic N) is 1. The van der Waals surface area contributed by atoms with E-state index in [-0.39, 0.29) is 17.7 Å². The van der Waals surface area contributed by atoms with Gasteiger partial charge in [-0.05, 0) is 33.0 Å². The number of aliphatic hydroxyl groups excluding tert-OH is 1. The van der Waals surface area contributed by atoms with Crippen LogP contribution >= 0.6 is 0 Å². The number of hydrogen-bond acceptors (Lipinski definition) is 3. The van der Waals surface area contributed by atoms with Crippen LogP contribution in [-0.4, -0.2) is 37.6 Å². The SMILES string of the molecule is CC(C)(C)[Si](OCC[C@@H](CO)N(Cc1ccccc1)Cc1ccccc1)(c1ccccc1)c1ccccc1. The summed E-state index contributed by atoms with van der Waals surface area (Å²) in [6.45, 7) is 9.14. The average molecular weight is 524 g/mol. The summed E-state index contributed by atoms with van der Waals surface area (Å²) in [5, 5.41) is 13.1. The van der Waals surface area contributed by atoms with Gasteiger partial charge in [-0.2, -0.15) is 0 Å². The number of rotatable bonds is 12. The molecule has 0 aromatic heterocycles. The largest absolute Gasteiger partial charge is 0.407 e. The third-order valence-corrected chi connectivity index (χ3v) is 12.4. The highest BCUT2D eigenvalue weighted by Crippen LogP contribution is 2.37. The first-order valence-corrected chi connectivity index (χ1v) is 15.5. The zero-order valence-electron chi connectivity index (χ0n) is 23.0. The van der Waals surface area contributed by atoms with Gasteiger partial charge in [0.2, 0.25) is 0 Å². The Balaban J connectivity index is 1.60. The molecule has 4 aromatic carbocycles. The second kappa shape index (κ2) is 13.2. The Bertz CT molecular complexity index is 1130. The fourth-order valence-electron chi connectivity index (χ4n) is 5.45. The predicted octanol–water partition coefficient (Wildman–Crippen LogP) is 6.02. The van der Waals surface area contributed by atoms with E-state index in [0.29, 0.717) is 6.61 Å². The van der Waals surface area contributed by atoms with Crippen LogP contribution in [0.25, 0.3) is 0 Å². The Morgan fingerprint density at radius 1 is 0.658 bits per heavy atom. The van der Waals surface area contributed by atoms with E-state index in [1.807, 2.05) is 12.1 Å². The van der Waals surface area contributed by atoms with E-state index in [9.17, 15) is 5.11 Å². The topological polar surface area (TPSA) is 32.7 Å². The summed E-state index contributed by atoms with van der Waals surface area (Å²) in [7, 11) is -2.61. The maximum Gasteiger partial charge on any atom is 0.261 e. The molecule has 3 nitrogen and oxygen atoms in total. The van der Waals surface area contributed by atoms with Crippen molar-refractivity contribution in [3.05, 3.63) is 132 Å². The molecule has 0 aliphatic carbocycles. The molecule has 0 aliphatic heterocycles. The number of aliphatic hydroxyl groups is 1. The van der Waals surface area contributed by atoms with Gasteiger partial charge in [0, 0.05) is 25.7 Å². The first-order valence-electron chi connectivity index (χ1n) is 13.6. The lowest BCUT2D eigenvalue weighted by atomic mass is 10.1. The van der Waals surface area contributed by atoms with Gasteiger partial charge in [0.05, 0.1) is 6.61 Å². The highest BCUT2D eigenvalue weighted by Gasteiger charge is 2.50. The summed E-state index contributed by atoms with van der Waals surface area (Å²) >= 11 is 0. The maximum atomic E-state index is 10.6. The maximum absolute atomic E-state index is 10.6. The quantitative estimate of drug-likeness (QED) is 0.231. The van der Waals surface area contributed by atoms with Crippen molar-refractivity contribution in [2.45, 2.75) is 51.4 Å². The second-order valence-corrected chi connectivity index (χ2v) is 15.3. The van der Waals surface area contributed by atoms with Gasteiger partial charge < -0.3 is 9.53 Å². The first-order chi connectivity index (χ1) is 18.4. The van der Waals surface area contributed by atoms with Gasteiger partial charge in [-0.1, -0.05) is 142 Å². The highest BCUT2D eigenvalue weighted by atomic mass is 28.4. The summed E-state index contributed by atoms with van der Waals surface area (Å²) in [5.41, 5.74) is 2.49. The van der Waals surface area contributed by atoms with E-state index in [0.717, 1.165) is 19.5 Å². The van der Waals surface area contributed by atoms with Crippen molar-refractivity contribution in [1.29, 1.82) is 0 Å². The monoisotopic (exact) mass is 523 g/mol. The Morgan fingerprint density at radius 2 is 1.05 bits per heavy atom. The van der Waals surface area contributed by atoms with E-state index in [1.165, 1.54) is 21.5 Å². The lowest BCUT2D eigenvalue weighted by molar-refractivity contribution is 0.0896. The van der Waals surface area contributed by atoms with Crippen molar-refractivity contribution in [2.75, 3.05) is 13.2 Å². The van der Waals surface area contributed by atoms with E-state index in [2.05, 4.69) is 135 Å². The van der Waals surface area contributed by atoms with Crippen molar-refractivity contribution in [2.24, 2.45) is 0 Å². The van der Waals surface area contributed by atoms with Crippen LogP contribution in [0, 0.1) is 0 Å². The molecule has 198 valence electrons. The van der Waals surface area contributed by atoms with E-state index in [4.69, 9.17) is 4.43 Å². The number of hydrogen-bond donors (Lipinski definition) is 1. The molecule has 0 bridgehead atoms. The van der Waals surface area contributed by atoms with Crippen molar-refractivity contribution in [3.8, 4) is 0 Å². The summed E-state index contributed by atoms with van der Waals surface area (Å²) in [4.78, 5) is 2.39. The molecular formula is C34H41NO2Si. The predicted molar refractivity (Wildman–Crippen MR) is 161 cm³/mol. The molecule has 0 aliphatic rings. The summed E-state index contributed by atoms with van der Waals surface area (Å²) in [5.74, 6) is 0. The molecule has 0 heterocycles. The molecule has 0 saturated carbocycles. The van der Waals surface area contributed by atoms with Crippen LogP contribution in [0.2, 0.25) is 5.04 Å². The van der Waals surface area contributed by atoms with Gasteiger partial charge in [0.25, 0.3) is 8.32 Å². The second-order valence-electron chi connectivity index (χ2n) is 11.0. The molecule has 0 saturated heterocycles. The van der Waals surface area contributed by atoms with Crippen LogP contribution in [0.4, 0.5) is 0 Å². The Morgan fingerprint density at radius 3 is 1.42 bits per heavy atom. The molecule has 0 unspecified atom stereocenters. The normalized spacial score (nSPS) is 13.0. The third-order valence-electron chi connectivity index (χ3n) is 7.37. The standard InChI is InChI=1S/C34H41NO2Si/c1-34(2,3)38(32-20-12-6-13-21-32,33-22-14-7-15-23-33)37-25-24-31(28-36)35(26-29-16-8-4-9-17-29)27-30-18-10-5-11-19-30/h4-23,31,36H,24-28H2,1-3H3/t31-/m0/s1. The molecule has 1 N–H and O–H groups in total. The molecular weight excluding hydrogens is 482 g/mol. The van der Waals surface area contributed by atoms with Crippen LogP contribution in [-0.2, 0) is 17.5 Å². The Hall–Kier alpha value is -3.02. The Labute approximate surface area is 229 Å². The summed E-state index contributed by atoms with van der Waals surface area (Å²) < 4.78 is 7.15. The molecule has 38 heavy (non-hydrogen) atoms. The lowest BCUT2D eigenvalue weighted by Gasteiger charge is -2.43. The van der Waals surface area contributed by atoms with Crippen LogP contribution in [0.1, 0.15) is 38.3 Å². The van der Waals surface area contributed by atoms with Crippen LogP contribution in [0.15, 0.2) is 121 Å². The molecule has 4 rings (SSSR count). The molecule has 4 heteroatoms. The van der Waals surface area contributed by atoms with Gasteiger partial charge in [0.15, 0.2) is 0 Å². The average Bonchev–Trinajstić information content (AvgIpc) is 2.94. The minimum Gasteiger partial charge on any atom is -0.407 e. The smallest absolute Gasteiger partial charge is 0.261 e. The molecule has 0 radical (unpaired) electrons. The molecule has 0 fully saturated rings. The van der Waals surface area contributed by atoms with E-state index >= 15 is 0 Å². The fraction of sp³-hybridized carbons (Fsp3) is 0.294. The van der Waals surface area contributed by atoms with Crippen molar-refractivity contribution in [3.63, 3.8) is 0 Å². The third kappa shape index (κ3) is 6.69. The molecule has 1 atom stereocenters. The van der Waals surface area contributed by atoms with Crippen molar-refractivity contribution >= 4 is 18.7 Å². The molecule has 4 aromatic rings. The minimum absolute atomic E-state index is 0.0198. The molecule has 0 amide bonds. The van der Waals surface area contributed by atoms with Crippen molar-refractivity contribution in [1.82, 2.24) is 4.90 Å². The van der Waals surface area contributed by atoms with Gasteiger partial charge in [-0.3, -0.25) is 4.90 Å². The Kier molecular flexibility index (Phi) is 9.70. The minimum atomic E-state index is -2.61. The first kappa shape index (κ1) is 28.0. The number of benzene rings is 4. The summed E-state index contributed by atoms with van der Waals surface area (Å²) in [6, 6.07) is 42.6. The van der Waals surface area contributed by atoms with Crippen LogP contribution < -0.4 is 10.4 Å². The lowest BCUT2D eigenvalue weighted by Crippen LogP contribution is -2.66. The van der Waals surface area contributed by atoms with Crippen LogP contribution in [0.3, 0.4) is 0 Å². The zero-order valence-corrected chi connectivity index (χ0v) is 24.0. The summed E-state index contributed by atoms with van der Waals surface area (Å²) in [6.07, 6.45) is 0.751. The zero-order chi connectivity index (χ0) is 26.8. The molecule has 0 spiro atoms. The van der Waals surface area contributed by atoms with Gasteiger partial charge in [-0.15, -0.1) is 0 Å². The van der Waals surface area contributed by atoms with Gasteiger partial charge in [-0.25, -0.2) is 0 Å². The van der Waals surface area contributed by atoms with Crippen molar-refractivity contribution < 1.29 is 9.53 Å². The van der Waals surface area contributed by atoms with E-state index in [1.54, 1.807) is 0 Å². The van der Waals surface area contributed by atoms with Gasteiger partial charge >= 0.3 is 0 Å². The van der Waals surface area contributed by atoms with E-state index < -0.39 is 8.32 Å². The van der Waals surface area contributed by atoms with Gasteiger partial charge in [0.1, 0.15) is 0 Å². The fourth-order valence-corrected chi connectivity index (χ4v) is 10.0.